The minimum Gasteiger partial charge on any atom is -0.319 e. The third-order valence-electron chi connectivity index (χ3n) is 5.21. The summed E-state index contributed by atoms with van der Waals surface area (Å²) in [5.74, 6) is 0.414. The molecule has 0 radical (unpaired) electrons. The molecule has 126 valence electrons. The second-order valence-corrected chi connectivity index (χ2v) is 6.97. The molecule has 0 aliphatic carbocycles. The molecule has 1 heterocycles. The third kappa shape index (κ3) is 3.74. The Hall–Kier alpha value is -1.97. The van der Waals surface area contributed by atoms with Crippen molar-refractivity contribution in [1.29, 1.82) is 0 Å². The van der Waals surface area contributed by atoms with Crippen molar-refractivity contribution >= 4 is 5.78 Å². The van der Waals surface area contributed by atoms with Crippen LogP contribution in [0.15, 0.2) is 54.6 Å². The summed E-state index contributed by atoms with van der Waals surface area (Å²) in [4.78, 5) is 12.7. The lowest BCUT2D eigenvalue weighted by molar-refractivity contribution is -0.125. The van der Waals surface area contributed by atoms with Crippen molar-refractivity contribution in [3.8, 4) is 11.1 Å². The first-order valence-corrected chi connectivity index (χ1v) is 8.74. The van der Waals surface area contributed by atoms with E-state index >= 15 is 0 Å². The number of nitrogens with two attached hydrogens (primary N) is 1. The maximum atomic E-state index is 12.7. The van der Waals surface area contributed by atoms with Gasteiger partial charge in [-0.2, -0.15) is 0 Å². The zero-order valence-electron chi connectivity index (χ0n) is 14.3. The number of carbonyl (C=O) groups is 1. The summed E-state index contributed by atoms with van der Waals surface area (Å²) in [6, 6.07) is 18.5. The van der Waals surface area contributed by atoms with Gasteiger partial charge in [-0.05, 0) is 55.5 Å². The Bertz CT molecular complexity index is 671. The lowest BCUT2D eigenvalue weighted by Gasteiger charge is -2.35. The Morgan fingerprint density at radius 3 is 2.25 bits per heavy atom. The van der Waals surface area contributed by atoms with E-state index in [1.54, 1.807) is 0 Å². The molecule has 2 aromatic carbocycles. The van der Waals surface area contributed by atoms with Crippen molar-refractivity contribution in [2.24, 2.45) is 11.7 Å². The van der Waals surface area contributed by atoms with Gasteiger partial charge in [0.1, 0.15) is 0 Å². The van der Waals surface area contributed by atoms with E-state index in [9.17, 15) is 4.79 Å². The SMILES string of the molecule is CC(N)(C(=O)Cc1ccc(-c2ccccc2)cc1)C1CCNCC1. The van der Waals surface area contributed by atoms with Crippen LogP contribution >= 0.6 is 0 Å². The van der Waals surface area contributed by atoms with Crippen LogP contribution in [0.4, 0.5) is 0 Å². The fourth-order valence-electron chi connectivity index (χ4n) is 3.47. The molecular formula is C21H26N2O. The third-order valence-corrected chi connectivity index (χ3v) is 5.21. The number of nitrogens with one attached hydrogen (secondary N) is 1. The first-order chi connectivity index (χ1) is 11.6. The van der Waals surface area contributed by atoms with Crippen LogP contribution in [-0.4, -0.2) is 24.4 Å². The van der Waals surface area contributed by atoms with Gasteiger partial charge in [-0.25, -0.2) is 0 Å². The topological polar surface area (TPSA) is 55.1 Å². The molecule has 1 atom stereocenters. The van der Waals surface area contributed by atoms with E-state index in [0.717, 1.165) is 31.5 Å². The van der Waals surface area contributed by atoms with Crippen LogP contribution in [0.2, 0.25) is 0 Å². The van der Waals surface area contributed by atoms with E-state index in [4.69, 9.17) is 5.73 Å². The van der Waals surface area contributed by atoms with Gasteiger partial charge in [0, 0.05) is 6.42 Å². The molecule has 0 spiro atoms. The molecule has 3 N–H and O–H groups in total. The highest BCUT2D eigenvalue weighted by Crippen LogP contribution is 2.26. The summed E-state index contributed by atoms with van der Waals surface area (Å²) >= 11 is 0. The molecule has 3 heteroatoms. The number of piperidine rings is 1. The smallest absolute Gasteiger partial charge is 0.156 e. The largest absolute Gasteiger partial charge is 0.319 e. The van der Waals surface area contributed by atoms with Gasteiger partial charge in [0.05, 0.1) is 5.54 Å². The summed E-state index contributed by atoms with van der Waals surface area (Å²) < 4.78 is 0. The van der Waals surface area contributed by atoms with E-state index < -0.39 is 5.54 Å². The lowest BCUT2D eigenvalue weighted by atomic mass is 9.76. The Morgan fingerprint density at radius 2 is 1.62 bits per heavy atom. The summed E-state index contributed by atoms with van der Waals surface area (Å²) in [5, 5.41) is 3.33. The number of Topliss-reactive ketones (excluding diaryl/α,β-unsaturated/α-hetero) is 1. The van der Waals surface area contributed by atoms with Gasteiger partial charge >= 0.3 is 0 Å². The molecule has 1 aliphatic heterocycles. The van der Waals surface area contributed by atoms with Gasteiger partial charge in [-0.1, -0.05) is 54.6 Å². The highest BCUT2D eigenvalue weighted by Gasteiger charge is 2.37. The summed E-state index contributed by atoms with van der Waals surface area (Å²) in [6.45, 7) is 3.82. The Kier molecular flexibility index (Phi) is 5.12. The maximum Gasteiger partial charge on any atom is 0.156 e. The van der Waals surface area contributed by atoms with E-state index in [0.29, 0.717) is 6.42 Å². The molecule has 0 aromatic heterocycles. The zero-order valence-corrected chi connectivity index (χ0v) is 14.3. The average molecular weight is 322 g/mol. The second kappa shape index (κ2) is 7.29. The van der Waals surface area contributed by atoms with Gasteiger partial charge in [0.25, 0.3) is 0 Å². The Morgan fingerprint density at radius 1 is 1.04 bits per heavy atom. The second-order valence-electron chi connectivity index (χ2n) is 6.97. The van der Waals surface area contributed by atoms with Crippen LogP contribution < -0.4 is 11.1 Å². The first kappa shape index (κ1) is 16.9. The molecule has 1 unspecified atom stereocenters. The van der Waals surface area contributed by atoms with E-state index in [1.807, 2.05) is 37.3 Å². The van der Waals surface area contributed by atoms with Crippen molar-refractivity contribution in [1.82, 2.24) is 5.32 Å². The molecule has 0 saturated carbocycles. The summed E-state index contributed by atoms with van der Waals surface area (Å²) in [7, 11) is 0. The molecule has 1 aliphatic rings. The maximum absolute atomic E-state index is 12.7. The van der Waals surface area contributed by atoms with Crippen molar-refractivity contribution in [2.75, 3.05) is 13.1 Å². The van der Waals surface area contributed by atoms with Crippen molar-refractivity contribution in [2.45, 2.75) is 31.7 Å². The van der Waals surface area contributed by atoms with Crippen LogP contribution in [-0.2, 0) is 11.2 Å². The number of ketones is 1. The average Bonchev–Trinajstić information content (AvgIpc) is 2.64. The minimum atomic E-state index is -0.736. The fraction of sp³-hybridized carbons (Fsp3) is 0.381. The van der Waals surface area contributed by atoms with Gasteiger partial charge in [-0.15, -0.1) is 0 Å². The van der Waals surface area contributed by atoms with Gasteiger partial charge in [-0.3, -0.25) is 4.79 Å². The normalized spacial score (nSPS) is 18.1. The molecule has 24 heavy (non-hydrogen) atoms. The van der Waals surface area contributed by atoms with E-state index in [1.165, 1.54) is 11.1 Å². The molecule has 2 aromatic rings. The predicted octanol–water partition coefficient (Wildman–Crippen LogP) is 3.18. The standard InChI is InChI=1S/C21H26N2O/c1-21(22,19-11-13-23-14-12-19)20(24)15-16-7-9-18(10-8-16)17-5-3-2-4-6-17/h2-10,19,23H,11-15,22H2,1H3. The highest BCUT2D eigenvalue weighted by atomic mass is 16.1. The molecular weight excluding hydrogens is 296 g/mol. The number of benzene rings is 2. The van der Waals surface area contributed by atoms with Crippen LogP contribution in [0.3, 0.4) is 0 Å². The monoisotopic (exact) mass is 322 g/mol. The number of rotatable bonds is 5. The van der Waals surface area contributed by atoms with Crippen molar-refractivity contribution in [3.63, 3.8) is 0 Å². The zero-order chi connectivity index (χ0) is 17.0. The quantitative estimate of drug-likeness (QED) is 0.889. The Balaban J connectivity index is 1.68. The molecule has 1 saturated heterocycles. The first-order valence-electron chi connectivity index (χ1n) is 8.74. The van der Waals surface area contributed by atoms with Gasteiger partial charge in [0.2, 0.25) is 0 Å². The predicted molar refractivity (Wildman–Crippen MR) is 98.8 cm³/mol. The molecule has 0 bridgehead atoms. The van der Waals surface area contributed by atoms with Crippen LogP contribution in [0.1, 0.15) is 25.3 Å². The van der Waals surface area contributed by atoms with Crippen LogP contribution in [0.25, 0.3) is 11.1 Å². The van der Waals surface area contributed by atoms with Crippen LogP contribution in [0, 0.1) is 5.92 Å². The lowest BCUT2D eigenvalue weighted by Crippen LogP contribution is -2.54. The molecule has 3 nitrogen and oxygen atoms in total. The highest BCUT2D eigenvalue weighted by molar-refractivity contribution is 5.90. The number of hydrogen-bond acceptors (Lipinski definition) is 3. The molecule has 1 fully saturated rings. The molecule has 0 amide bonds. The minimum absolute atomic E-state index is 0.141. The number of carbonyl (C=O) groups excluding carboxylic acids is 1. The van der Waals surface area contributed by atoms with Crippen molar-refractivity contribution in [3.05, 3.63) is 60.2 Å². The van der Waals surface area contributed by atoms with E-state index in [-0.39, 0.29) is 11.7 Å². The van der Waals surface area contributed by atoms with Gasteiger partial charge < -0.3 is 11.1 Å². The van der Waals surface area contributed by atoms with Crippen LogP contribution in [0.5, 0.6) is 0 Å². The fourth-order valence-corrected chi connectivity index (χ4v) is 3.47. The van der Waals surface area contributed by atoms with Gasteiger partial charge in [0.15, 0.2) is 5.78 Å². The van der Waals surface area contributed by atoms with Crippen molar-refractivity contribution < 1.29 is 4.79 Å². The summed E-state index contributed by atoms with van der Waals surface area (Å²) in [5.41, 5.74) is 9.08. The summed E-state index contributed by atoms with van der Waals surface area (Å²) in [6.07, 6.45) is 2.36. The van der Waals surface area contributed by atoms with E-state index in [2.05, 4.69) is 29.6 Å². The molecule has 3 rings (SSSR count). The Labute approximate surface area is 144 Å². The number of hydrogen-bond donors (Lipinski definition) is 2.